The summed E-state index contributed by atoms with van der Waals surface area (Å²) in [5, 5.41) is 24.9. The molecule has 2 heterocycles. The van der Waals surface area contributed by atoms with Gasteiger partial charge in [-0.1, -0.05) is 16.7 Å². The highest BCUT2D eigenvalue weighted by Crippen LogP contribution is 2.33. The van der Waals surface area contributed by atoms with Gasteiger partial charge in [0.05, 0.1) is 11.2 Å². The number of aromatic nitrogens is 4. The molecule has 0 amide bonds. The van der Waals surface area contributed by atoms with E-state index in [9.17, 15) is 5.26 Å². The Morgan fingerprint density at radius 3 is 3.05 bits per heavy atom. The van der Waals surface area contributed by atoms with Crippen LogP contribution in [0.25, 0.3) is 27.0 Å². The average molecular weight is 271 g/mol. The number of rotatable bonds is 1. The predicted octanol–water partition coefficient (Wildman–Crippen LogP) is 2.74. The molecule has 19 heavy (non-hydrogen) atoms. The molecular weight excluding hydrogens is 268 g/mol. The molecule has 8 nitrogen and oxygen atoms in total. The Bertz CT molecular complexity index is 899. The number of fused-ring (bicyclic) bond motifs is 3. The molecular formula is C10H3ClN8. The van der Waals surface area contributed by atoms with Gasteiger partial charge in [0.2, 0.25) is 0 Å². The quantitative estimate of drug-likeness (QED) is 0.384. The van der Waals surface area contributed by atoms with E-state index >= 15 is 0 Å². The summed E-state index contributed by atoms with van der Waals surface area (Å²) in [6.45, 7) is 0. The number of nitrogens with zero attached hydrogens (tertiary/aromatic N) is 8. The van der Waals surface area contributed by atoms with Crippen LogP contribution in [-0.4, -0.2) is 20.0 Å². The summed E-state index contributed by atoms with van der Waals surface area (Å²) in [7, 11) is 0. The molecule has 0 bridgehead atoms. The fourth-order valence-electron chi connectivity index (χ4n) is 1.88. The summed E-state index contributed by atoms with van der Waals surface area (Å²) in [6, 6.07) is 6.91. The first-order valence-corrected chi connectivity index (χ1v) is 5.42. The van der Waals surface area contributed by atoms with Crippen LogP contribution >= 0.6 is 11.6 Å². The number of pyridine rings is 1. The number of tetrazole rings is 1. The molecule has 0 N–H and O–H groups in total. The van der Waals surface area contributed by atoms with E-state index in [4.69, 9.17) is 17.1 Å². The molecule has 0 aliphatic heterocycles. The molecule has 9 heteroatoms. The summed E-state index contributed by atoms with van der Waals surface area (Å²) in [4.78, 5) is 2.74. The van der Waals surface area contributed by atoms with Crippen molar-refractivity contribution in [2.24, 2.45) is 5.11 Å². The maximum atomic E-state index is 9.22. The van der Waals surface area contributed by atoms with Crippen LogP contribution in [0.5, 0.6) is 0 Å². The lowest BCUT2D eigenvalue weighted by Gasteiger charge is -2.06. The first-order valence-electron chi connectivity index (χ1n) is 5.05. The SMILES string of the molecule is N#Cc1c(N=[N+]=[N-])c2cc(Cl)ccc2n2nnnc12. The number of hydrogen-bond donors (Lipinski definition) is 0. The Hall–Kier alpha value is -2.88. The molecule has 90 valence electrons. The largest absolute Gasteiger partial charge is 0.198 e. The smallest absolute Gasteiger partial charge is 0.192 e. The third-order valence-corrected chi connectivity index (χ3v) is 2.86. The summed E-state index contributed by atoms with van der Waals surface area (Å²) in [6.07, 6.45) is 0. The van der Waals surface area contributed by atoms with Gasteiger partial charge in [0, 0.05) is 15.3 Å². The molecule has 2 aromatic heterocycles. The van der Waals surface area contributed by atoms with E-state index < -0.39 is 0 Å². The predicted molar refractivity (Wildman–Crippen MR) is 66.8 cm³/mol. The summed E-state index contributed by atoms with van der Waals surface area (Å²) >= 11 is 5.93. The van der Waals surface area contributed by atoms with Crippen LogP contribution in [-0.2, 0) is 0 Å². The Kier molecular flexibility index (Phi) is 2.42. The van der Waals surface area contributed by atoms with Crippen molar-refractivity contribution < 1.29 is 0 Å². The monoisotopic (exact) mass is 270 g/mol. The van der Waals surface area contributed by atoms with Crippen molar-refractivity contribution in [1.29, 1.82) is 5.26 Å². The number of hydrogen-bond acceptors (Lipinski definition) is 5. The summed E-state index contributed by atoms with van der Waals surface area (Å²) in [5.74, 6) is 0. The molecule has 3 aromatic rings. The fraction of sp³-hybridized carbons (Fsp3) is 0. The second kappa shape index (κ2) is 4.10. The Labute approximate surface area is 110 Å². The zero-order valence-electron chi connectivity index (χ0n) is 9.19. The van der Waals surface area contributed by atoms with Crippen molar-refractivity contribution in [3.05, 3.63) is 39.2 Å². The van der Waals surface area contributed by atoms with Crippen molar-refractivity contribution in [2.75, 3.05) is 0 Å². The summed E-state index contributed by atoms with van der Waals surface area (Å²) < 4.78 is 1.40. The first-order chi connectivity index (χ1) is 9.26. The molecule has 0 spiro atoms. The highest BCUT2D eigenvalue weighted by Gasteiger charge is 2.16. The second-order valence-corrected chi connectivity index (χ2v) is 4.04. The van der Waals surface area contributed by atoms with Gasteiger partial charge in [-0.05, 0) is 34.2 Å². The Balaban J connectivity index is 2.68. The van der Waals surface area contributed by atoms with Crippen LogP contribution in [0.4, 0.5) is 5.69 Å². The van der Waals surface area contributed by atoms with Gasteiger partial charge in [-0.15, -0.1) is 5.10 Å². The van der Waals surface area contributed by atoms with Crippen LogP contribution in [0.1, 0.15) is 5.56 Å². The molecule has 3 rings (SSSR count). The number of azide groups is 1. The van der Waals surface area contributed by atoms with Gasteiger partial charge >= 0.3 is 0 Å². The van der Waals surface area contributed by atoms with Crippen molar-refractivity contribution >= 4 is 33.8 Å². The van der Waals surface area contributed by atoms with Crippen LogP contribution in [0.15, 0.2) is 23.3 Å². The van der Waals surface area contributed by atoms with Gasteiger partial charge < -0.3 is 0 Å². The Morgan fingerprint density at radius 2 is 2.32 bits per heavy atom. The second-order valence-electron chi connectivity index (χ2n) is 3.60. The lowest BCUT2D eigenvalue weighted by molar-refractivity contribution is 0.841. The molecule has 0 saturated carbocycles. The number of nitriles is 1. The van der Waals surface area contributed by atoms with Gasteiger partial charge in [0.25, 0.3) is 0 Å². The molecule has 0 fully saturated rings. The van der Waals surface area contributed by atoms with Crippen LogP contribution < -0.4 is 0 Å². The minimum Gasteiger partial charge on any atom is -0.192 e. The van der Waals surface area contributed by atoms with E-state index in [0.717, 1.165) is 0 Å². The van der Waals surface area contributed by atoms with Gasteiger partial charge in [-0.25, -0.2) is 0 Å². The van der Waals surface area contributed by atoms with Gasteiger partial charge in [-0.3, -0.25) is 0 Å². The molecule has 0 aliphatic carbocycles. The maximum absolute atomic E-state index is 9.22. The van der Waals surface area contributed by atoms with E-state index in [-0.39, 0.29) is 16.9 Å². The minimum absolute atomic E-state index is 0.109. The van der Waals surface area contributed by atoms with E-state index in [1.165, 1.54) is 4.52 Å². The highest BCUT2D eigenvalue weighted by molar-refractivity contribution is 6.31. The van der Waals surface area contributed by atoms with Crippen LogP contribution in [0, 0.1) is 11.3 Å². The highest BCUT2D eigenvalue weighted by atomic mass is 35.5. The van der Waals surface area contributed by atoms with Crippen molar-refractivity contribution in [1.82, 2.24) is 20.0 Å². The minimum atomic E-state index is 0.109. The third kappa shape index (κ3) is 1.54. The van der Waals surface area contributed by atoms with Gasteiger partial charge in [0.1, 0.15) is 11.6 Å². The average Bonchev–Trinajstić information content (AvgIpc) is 2.88. The van der Waals surface area contributed by atoms with E-state index in [0.29, 0.717) is 15.9 Å². The topological polar surface area (TPSA) is 116 Å². The molecule has 0 unspecified atom stereocenters. The maximum Gasteiger partial charge on any atom is 0.198 e. The van der Waals surface area contributed by atoms with Crippen LogP contribution in [0.2, 0.25) is 5.02 Å². The lowest BCUT2D eigenvalue weighted by atomic mass is 10.1. The van der Waals surface area contributed by atoms with Crippen molar-refractivity contribution in [3.63, 3.8) is 0 Å². The third-order valence-electron chi connectivity index (χ3n) is 2.63. The number of halogens is 1. The molecule has 0 aliphatic rings. The van der Waals surface area contributed by atoms with E-state index in [1.54, 1.807) is 18.2 Å². The first kappa shape index (κ1) is 11.2. The standard InChI is InChI=1S/C10H3ClN8/c11-5-1-2-8-6(3-5)9(14-16-13)7(4-12)10-15-17-18-19(8)10/h1-3H. The molecule has 1 aromatic carbocycles. The fourth-order valence-corrected chi connectivity index (χ4v) is 2.05. The zero-order chi connectivity index (χ0) is 13.4. The Morgan fingerprint density at radius 1 is 1.47 bits per heavy atom. The lowest BCUT2D eigenvalue weighted by Crippen LogP contribution is -1.95. The normalized spacial score (nSPS) is 10.3. The van der Waals surface area contributed by atoms with Crippen molar-refractivity contribution in [2.45, 2.75) is 0 Å². The molecule has 0 atom stereocenters. The molecule has 0 saturated heterocycles. The number of benzene rings is 1. The van der Waals surface area contributed by atoms with Gasteiger partial charge in [-0.2, -0.15) is 9.78 Å². The van der Waals surface area contributed by atoms with E-state index in [2.05, 4.69) is 25.6 Å². The van der Waals surface area contributed by atoms with Crippen LogP contribution in [0.3, 0.4) is 0 Å². The van der Waals surface area contributed by atoms with Gasteiger partial charge in [0.15, 0.2) is 5.65 Å². The summed E-state index contributed by atoms with van der Waals surface area (Å²) in [5.41, 5.74) is 9.77. The van der Waals surface area contributed by atoms with Crippen molar-refractivity contribution in [3.8, 4) is 6.07 Å². The van der Waals surface area contributed by atoms with E-state index in [1.807, 2.05) is 6.07 Å². The zero-order valence-corrected chi connectivity index (χ0v) is 9.94. The molecule has 0 radical (unpaired) electrons.